The second-order valence-corrected chi connectivity index (χ2v) is 17.2. The second-order valence-electron chi connectivity index (χ2n) is 3.88. The zero-order valence-corrected chi connectivity index (χ0v) is 16.9. The molecule has 0 saturated carbocycles. The number of hydrogen-bond acceptors (Lipinski definition) is 8. The normalized spacial score (nSPS) is 24.0. The van der Waals surface area contributed by atoms with Crippen LogP contribution in [0.15, 0.2) is 0 Å². The van der Waals surface area contributed by atoms with Gasteiger partial charge in [-0.1, -0.05) is 60.1 Å². The summed E-state index contributed by atoms with van der Waals surface area (Å²) in [7, 11) is 15.6. The van der Waals surface area contributed by atoms with Crippen molar-refractivity contribution in [2.45, 2.75) is 51.4 Å². The van der Waals surface area contributed by atoms with Gasteiger partial charge in [-0.25, -0.2) is 0 Å². The Balaban J connectivity index is 2.00. The van der Waals surface area contributed by atoms with Gasteiger partial charge in [-0.2, -0.15) is 0 Å². The monoisotopic (exact) mass is 396 g/mol. The van der Waals surface area contributed by atoms with E-state index in [1.54, 1.807) is 0 Å². The summed E-state index contributed by atoms with van der Waals surface area (Å²) in [5.41, 5.74) is 0. The molecule has 0 radical (unpaired) electrons. The van der Waals surface area contributed by atoms with Crippen LogP contribution in [0.3, 0.4) is 0 Å². The van der Waals surface area contributed by atoms with Crippen molar-refractivity contribution in [3.63, 3.8) is 0 Å². The van der Waals surface area contributed by atoms with E-state index in [9.17, 15) is 0 Å². The molecule has 8 heteroatoms. The summed E-state index contributed by atoms with van der Waals surface area (Å²) in [4.78, 5) is 0. The maximum Gasteiger partial charge on any atom is 0.00454 e. The van der Waals surface area contributed by atoms with Gasteiger partial charge in [0.05, 0.1) is 0 Å². The fourth-order valence-corrected chi connectivity index (χ4v) is 18.8. The fraction of sp³-hybridized carbons (Fsp3) is 1.00. The Morgan fingerprint density at radius 1 is 0.333 bits per heavy atom. The molecule has 0 atom stereocenters. The Morgan fingerprint density at radius 2 is 0.667 bits per heavy atom. The number of hydrogen-bond donors (Lipinski definition) is 0. The molecule has 18 heavy (non-hydrogen) atoms. The highest BCUT2D eigenvalue weighted by Crippen LogP contribution is 2.57. The van der Waals surface area contributed by atoms with Crippen LogP contribution in [0.4, 0.5) is 0 Å². The van der Waals surface area contributed by atoms with E-state index in [2.05, 4.69) is 0 Å². The first-order valence-corrected chi connectivity index (χ1v) is 16.7. The summed E-state index contributed by atoms with van der Waals surface area (Å²) in [6.07, 6.45) is 11.5. The lowest BCUT2D eigenvalue weighted by Crippen LogP contribution is -1.83. The summed E-state index contributed by atoms with van der Waals surface area (Å²) in [6.45, 7) is 0. The Morgan fingerprint density at radius 3 is 1.11 bits per heavy atom. The van der Waals surface area contributed by atoms with Gasteiger partial charge in [0, 0.05) is 11.5 Å². The van der Waals surface area contributed by atoms with E-state index in [1.165, 1.54) is 62.9 Å². The predicted octanol–water partition coefficient (Wildman–Crippen LogP) is 8.39. The highest BCUT2D eigenvalue weighted by Gasteiger charge is 1.98. The third-order valence-electron chi connectivity index (χ3n) is 2.44. The van der Waals surface area contributed by atoms with Crippen molar-refractivity contribution < 1.29 is 0 Å². The molecular weight excluding hydrogens is 377 g/mol. The summed E-state index contributed by atoms with van der Waals surface area (Å²) >= 11 is 0. The van der Waals surface area contributed by atoms with Crippen molar-refractivity contribution in [3.8, 4) is 0 Å². The summed E-state index contributed by atoms with van der Waals surface area (Å²) in [6, 6.07) is 0. The summed E-state index contributed by atoms with van der Waals surface area (Å²) in [5, 5.41) is 0. The van der Waals surface area contributed by atoms with E-state index in [4.69, 9.17) is 0 Å². The van der Waals surface area contributed by atoms with Gasteiger partial charge in [0.1, 0.15) is 0 Å². The minimum atomic E-state index is 1.32. The smallest absolute Gasteiger partial charge is 0.00454 e. The van der Waals surface area contributed by atoms with Gasteiger partial charge < -0.3 is 0 Å². The topological polar surface area (TPSA) is 0 Å². The average molecular weight is 397 g/mol. The van der Waals surface area contributed by atoms with Gasteiger partial charge in [0.15, 0.2) is 0 Å². The maximum atomic E-state index is 2.02. The molecule has 0 aromatic heterocycles. The molecule has 0 aromatic rings. The molecular formula is C10H20S8. The third kappa shape index (κ3) is 13.8. The molecule has 1 aliphatic heterocycles. The molecule has 0 bridgehead atoms. The van der Waals surface area contributed by atoms with Crippen LogP contribution in [0.5, 0.6) is 0 Å². The Labute approximate surface area is 142 Å². The van der Waals surface area contributed by atoms with Crippen LogP contribution in [0.2, 0.25) is 0 Å². The quantitative estimate of drug-likeness (QED) is 0.369. The summed E-state index contributed by atoms with van der Waals surface area (Å²) in [5.74, 6) is 2.64. The van der Waals surface area contributed by atoms with Gasteiger partial charge in [-0.3, -0.25) is 0 Å². The Bertz CT molecular complexity index is 92.9. The highest BCUT2D eigenvalue weighted by molar-refractivity contribution is 9.48. The standard InChI is InChI=1S/C10H20S8/c1-2-4-6-8-10-12-14-16-18-17-15-13-11-9-7-5-3-1/h1-10H2. The Kier molecular flexibility index (Phi) is 16.9. The molecule has 0 N–H and O–H groups in total. The van der Waals surface area contributed by atoms with Gasteiger partial charge in [0.25, 0.3) is 0 Å². The van der Waals surface area contributed by atoms with Crippen LogP contribution in [0.25, 0.3) is 0 Å². The van der Waals surface area contributed by atoms with Crippen LogP contribution in [-0.2, 0) is 0 Å². The van der Waals surface area contributed by atoms with Gasteiger partial charge in [0.2, 0.25) is 0 Å². The van der Waals surface area contributed by atoms with E-state index in [0.717, 1.165) is 0 Å². The van der Waals surface area contributed by atoms with Gasteiger partial charge in [-0.15, -0.1) is 0 Å². The largest absolute Gasteiger partial charge is 0.0817 e. The lowest BCUT2D eigenvalue weighted by molar-refractivity contribution is 0.588. The number of rotatable bonds is 0. The zero-order chi connectivity index (χ0) is 12.7. The van der Waals surface area contributed by atoms with Crippen LogP contribution < -0.4 is 0 Å². The average Bonchev–Trinajstić information content (AvgIpc) is 2.39. The van der Waals surface area contributed by atoms with E-state index in [-0.39, 0.29) is 0 Å². The van der Waals surface area contributed by atoms with Crippen molar-refractivity contribution in [1.29, 1.82) is 0 Å². The molecule has 1 fully saturated rings. The SMILES string of the molecule is C1CCCCCSSSSSSSSCCCC1. The van der Waals surface area contributed by atoms with Crippen molar-refractivity contribution in [1.82, 2.24) is 0 Å². The first kappa shape index (κ1) is 18.8. The molecule has 1 aliphatic rings. The van der Waals surface area contributed by atoms with Gasteiger partial charge >= 0.3 is 0 Å². The molecule has 0 amide bonds. The van der Waals surface area contributed by atoms with E-state index in [1.807, 2.05) is 80.5 Å². The molecule has 0 nitrogen and oxygen atoms in total. The first-order chi connectivity index (χ1) is 9.00. The molecule has 1 rings (SSSR count). The molecule has 0 spiro atoms. The lowest BCUT2D eigenvalue weighted by Gasteiger charge is -2.03. The molecule has 1 saturated heterocycles. The third-order valence-corrected chi connectivity index (χ3v) is 18.0. The van der Waals surface area contributed by atoms with Crippen molar-refractivity contribution in [3.05, 3.63) is 0 Å². The molecule has 0 aliphatic carbocycles. The van der Waals surface area contributed by atoms with Crippen LogP contribution in [0.1, 0.15) is 51.4 Å². The second kappa shape index (κ2) is 16.2. The Hall–Kier alpha value is 2.80. The predicted molar refractivity (Wildman–Crippen MR) is 107 cm³/mol. The molecule has 1 heterocycles. The van der Waals surface area contributed by atoms with Crippen LogP contribution in [-0.4, -0.2) is 11.5 Å². The van der Waals surface area contributed by atoms with Crippen LogP contribution >= 0.6 is 80.5 Å². The van der Waals surface area contributed by atoms with Crippen molar-refractivity contribution in [2.24, 2.45) is 0 Å². The minimum Gasteiger partial charge on any atom is -0.0817 e. The van der Waals surface area contributed by atoms with E-state index in [0.29, 0.717) is 0 Å². The van der Waals surface area contributed by atoms with Crippen molar-refractivity contribution >= 4 is 80.5 Å². The molecule has 108 valence electrons. The van der Waals surface area contributed by atoms with Gasteiger partial charge in [-0.05, 0) is 71.8 Å². The zero-order valence-electron chi connectivity index (χ0n) is 10.3. The summed E-state index contributed by atoms with van der Waals surface area (Å²) < 4.78 is 0. The van der Waals surface area contributed by atoms with E-state index < -0.39 is 0 Å². The van der Waals surface area contributed by atoms with E-state index >= 15 is 0 Å². The first-order valence-electron chi connectivity index (χ1n) is 6.24. The van der Waals surface area contributed by atoms with Crippen molar-refractivity contribution in [2.75, 3.05) is 11.5 Å². The maximum absolute atomic E-state index is 2.02. The molecule has 0 unspecified atom stereocenters. The minimum absolute atomic E-state index is 1.32. The lowest BCUT2D eigenvalue weighted by atomic mass is 10.1. The fourth-order valence-electron chi connectivity index (χ4n) is 1.54. The van der Waals surface area contributed by atoms with Crippen LogP contribution in [0, 0.1) is 0 Å². The molecule has 0 aromatic carbocycles. The highest BCUT2D eigenvalue weighted by atomic mass is 34.0.